The van der Waals surface area contributed by atoms with E-state index < -0.39 is 24.6 Å². The molecule has 5 heteroatoms. The molecule has 1 rings (SSSR count). The van der Waals surface area contributed by atoms with Gasteiger partial charge in [-0.15, -0.1) is 0 Å². The molecule has 5 nitrogen and oxygen atoms in total. The fourth-order valence-corrected chi connectivity index (χ4v) is 1.49. The van der Waals surface area contributed by atoms with Crippen molar-refractivity contribution in [3.05, 3.63) is 0 Å². The molecular weight excluding hydrogens is 176 g/mol. The molecule has 0 spiro atoms. The first-order valence-electron chi connectivity index (χ1n) is 4.27. The molecule has 0 radical (unpaired) electrons. The fraction of sp³-hybridized carbons (Fsp3) is 1.00. The summed E-state index contributed by atoms with van der Waals surface area (Å²) >= 11 is 0. The molecule has 0 saturated carbocycles. The molecule has 1 saturated heterocycles. The highest BCUT2D eigenvalue weighted by atomic mass is 16.7. The van der Waals surface area contributed by atoms with E-state index in [1.54, 1.807) is 6.92 Å². The molecule has 1 aliphatic heterocycles. The lowest BCUT2D eigenvalue weighted by Gasteiger charge is -2.40. The molecule has 1 fully saturated rings. The number of rotatable bonds is 2. The third-order valence-electron chi connectivity index (χ3n) is 2.42. The van der Waals surface area contributed by atoms with Gasteiger partial charge >= 0.3 is 0 Å². The van der Waals surface area contributed by atoms with Crippen LogP contribution in [-0.4, -0.2) is 53.6 Å². The van der Waals surface area contributed by atoms with Gasteiger partial charge in [0.1, 0.15) is 12.2 Å². The highest BCUT2D eigenvalue weighted by molar-refractivity contribution is 4.86. The molecule has 13 heavy (non-hydrogen) atoms. The van der Waals surface area contributed by atoms with E-state index in [0.29, 0.717) is 0 Å². The minimum Gasteiger partial charge on any atom is -0.394 e. The first kappa shape index (κ1) is 10.9. The Morgan fingerprint density at radius 1 is 1.31 bits per heavy atom. The van der Waals surface area contributed by atoms with Gasteiger partial charge in [-0.25, -0.2) is 0 Å². The molecule has 78 valence electrons. The molecule has 0 aromatic heterocycles. The lowest BCUT2D eigenvalue weighted by Crippen LogP contribution is -2.55. The second-order valence-corrected chi connectivity index (χ2v) is 3.30. The molecule has 5 atom stereocenters. The van der Waals surface area contributed by atoms with E-state index in [0.717, 1.165) is 0 Å². The van der Waals surface area contributed by atoms with E-state index in [-0.39, 0.29) is 12.5 Å². The van der Waals surface area contributed by atoms with Crippen molar-refractivity contribution in [1.29, 1.82) is 0 Å². The Morgan fingerprint density at radius 2 is 1.92 bits per heavy atom. The zero-order valence-electron chi connectivity index (χ0n) is 7.75. The summed E-state index contributed by atoms with van der Waals surface area (Å²) in [5.74, 6) is -0.303. The van der Waals surface area contributed by atoms with Crippen molar-refractivity contribution >= 4 is 0 Å². The van der Waals surface area contributed by atoms with Gasteiger partial charge in [-0.1, -0.05) is 6.92 Å². The van der Waals surface area contributed by atoms with E-state index in [4.69, 9.17) is 14.6 Å². The molecule has 0 aromatic carbocycles. The maximum absolute atomic E-state index is 9.53. The summed E-state index contributed by atoms with van der Waals surface area (Å²) in [7, 11) is 1.46. The van der Waals surface area contributed by atoms with Crippen LogP contribution in [0.25, 0.3) is 0 Å². The van der Waals surface area contributed by atoms with Crippen molar-refractivity contribution in [3.8, 4) is 0 Å². The summed E-state index contributed by atoms with van der Waals surface area (Å²) in [5, 5.41) is 27.8. The number of hydrogen-bond acceptors (Lipinski definition) is 5. The van der Waals surface area contributed by atoms with Gasteiger partial charge in [0.25, 0.3) is 0 Å². The standard InChI is InChI=1S/C8H16O5/c1-4-6(10)7(11)5(3-9)13-8(4)12-2/h4-11H,3H2,1-2H3/t4-,5+,6+,7+,8-/m0/s1. The molecule has 0 amide bonds. The van der Waals surface area contributed by atoms with Crippen LogP contribution in [0, 0.1) is 5.92 Å². The van der Waals surface area contributed by atoms with Crippen molar-refractivity contribution in [2.45, 2.75) is 31.5 Å². The minimum absolute atomic E-state index is 0.303. The van der Waals surface area contributed by atoms with Gasteiger partial charge in [0, 0.05) is 13.0 Å². The Balaban J connectivity index is 2.66. The van der Waals surface area contributed by atoms with Crippen molar-refractivity contribution in [1.82, 2.24) is 0 Å². The van der Waals surface area contributed by atoms with E-state index in [1.807, 2.05) is 0 Å². The number of ether oxygens (including phenoxy) is 2. The zero-order valence-corrected chi connectivity index (χ0v) is 7.75. The molecule has 1 aliphatic rings. The minimum atomic E-state index is -1.05. The Kier molecular flexibility index (Phi) is 3.63. The van der Waals surface area contributed by atoms with Crippen LogP contribution in [-0.2, 0) is 9.47 Å². The molecule has 0 aromatic rings. The summed E-state index contributed by atoms with van der Waals surface area (Å²) in [5.41, 5.74) is 0. The first-order chi connectivity index (χ1) is 6.11. The lowest BCUT2D eigenvalue weighted by atomic mass is 9.93. The van der Waals surface area contributed by atoms with Crippen molar-refractivity contribution in [2.24, 2.45) is 5.92 Å². The number of methoxy groups -OCH3 is 1. The largest absolute Gasteiger partial charge is 0.394 e. The first-order valence-corrected chi connectivity index (χ1v) is 4.27. The summed E-state index contributed by atoms with van der Waals surface area (Å²) < 4.78 is 10.1. The Morgan fingerprint density at radius 3 is 2.38 bits per heavy atom. The summed E-state index contributed by atoms with van der Waals surface area (Å²) in [6, 6.07) is 0. The summed E-state index contributed by atoms with van der Waals surface area (Å²) in [6.45, 7) is 1.39. The van der Waals surface area contributed by atoms with Gasteiger partial charge in [-0.05, 0) is 0 Å². The quantitative estimate of drug-likeness (QED) is 0.507. The number of hydrogen-bond donors (Lipinski definition) is 3. The molecule has 0 bridgehead atoms. The van der Waals surface area contributed by atoms with Gasteiger partial charge in [-0.3, -0.25) is 0 Å². The van der Waals surface area contributed by atoms with Crippen molar-refractivity contribution in [2.75, 3.05) is 13.7 Å². The highest BCUT2D eigenvalue weighted by Gasteiger charge is 2.41. The Hall–Kier alpha value is -0.200. The molecule has 1 heterocycles. The van der Waals surface area contributed by atoms with Gasteiger partial charge in [0.2, 0.25) is 0 Å². The third kappa shape index (κ3) is 2.00. The van der Waals surface area contributed by atoms with Crippen LogP contribution >= 0.6 is 0 Å². The van der Waals surface area contributed by atoms with Crippen LogP contribution in [0.3, 0.4) is 0 Å². The predicted molar refractivity (Wildman–Crippen MR) is 43.9 cm³/mol. The van der Waals surface area contributed by atoms with Crippen LogP contribution < -0.4 is 0 Å². The molecule has 0 unspecified atom stereocenters. The van der Waals surface area contributed by atoms with Crippen LogP contribution in [0.1, 0.15) is 6.92 Å². The lowest BCUT2D eigenvalue weighted by molar-refractivity contribution is -0.274. The molecule has 3 N–H and O–H groups in total. The van der Waals surface area contributed by atoms with Crippen LogP contribution in [0.5, 0.6) is 0 Å². The molecule has 0 aliphatic carbocycles. The average molecular weight is 192 g/mol. The smallest absolute Gasteiger partial charge is 0.162 e. The average Bonchev–Trinajstić information content (AvgIpc) is 2.15. The van der Waals surface area contributed by atoms with Gasteiger partial charge in [0.05, 0.1) is 12.7 Å². The van der Waals surface area contributed by atoms with Crippen molar-refractivity contribution in [3.63, 3.8) is 0 Å². The van der Waals surface area contributed by atoms with Crippen molar-refractivity contribution < 1.29 is 24.8 Å². The Labute approximate surface area is 76.9 Å². The monoisotopic (exact) mass is 192 g/mol. The van der Waals surface area contributed by atoms with E-state index in [9.17, 15) is 10.2 Å². The van der Waals surface area contributed by atoms with Crippen LogP contribution in [0.15, 0.2) is 0 Å². The van der Waals surface area contributed by atoms with E-state index in [2.05, 4.69) is 0 Å². The van der Waals surface area contributed by atoms with E-state index >= 15 is 0 Å². The van der Waals surface area contributed by atoms with Gasteiger partial charge in [0.15, 0.2) is 6.29 Å². The van der Waals surface area contributed by atoms with E-state index in [1.165, 1.54) is 7.11 Å². The second kappa shape index (κ2) is 4.34. The van der Waals surface area contributed by atoms with Gasteiger partial charge < -0.3 is 24.8 Å². The normalized spacial score (nSPS) is 46.4. The number of aliphatic hydroxyl groups is 3. The fourth-order valence-electron chi connectivity index (χ4n) is 1.49. The van der Waals surface area contributed by atoms with Crippen LogP contribution in [0.2, 0.25) is 0 Å². The maximum atomic E-state index is 9.53. The summed E-state index contributed by atoms with van der Waals surface area (Å²) in [6.07, 6.45) is -3.31. The van der Waals surface area contributed by atoms with Gasteiger partial charge in [-0.2, -0.15) is 0 Å². The predicted octanol–water partition coefficient (Wildman–Crippen LogP) is -1.29. The molecular formula is C8H16O5. The zero-order chi connectivity index (χ0) is 10.0. The second-order valence-electron chi connectivity index (χ2n) is 3.30. The SMILES string of the molecule is CO[C@H]1O[C@H](CO)[C@@H](O)[C@H](O)[C@@H]1C. The Bertz CT molecular complexity index is 143. The third-order valence-corrected chi connectivity index (χ3v) is 2.42. The maximum Gasteiger partial charge on any atom is 0.162 e. The number of aliphatic hydroxyl groups excluding tert-OH is 3. The van der Waals surface area contributed by atoms with Crippen LogP contribution in [0.4, 0.5) is 0 Å². The summed E-state index contributed by atoms with van der Waals surface area (Å²) in [4.78, 5) is 0. The highest BCUT2D eigenvalue weighted by Crippen LogP contribution is 2.25. The topological polar surface area (TPSA) is 79.2 Å².